The molecule has 0 radical (unpaired) electrons. The van der Waals surface area contributed by atoms with Crippen LogP contribution in [0.25, 0.3) is 0 Å². The van der Waals surface area contributed by atoms with Crippen molar-refractivity contribution in [1.29, 1.82) is 0 Å². The molecule has 0 aliphatic heterocycles. The van der Waals surface area contributed by atoms with E-state index in [9.17, 15) is 9.59 Å². The molecule has 0 saturated carbocycles. The number of esters is 2. The van der Waals surface area contributed by atoms with Crippen molar-refractivity contribution < 1.29 is 23.8 Å². The van der Waals surface area contributed by atoms with Crippen LogP contribution in [0.1, 0.15) is 106 Å². The summed E-state index contributed by atoms with van der Waals surface area (Å²) in [5, 5.41) is 0. The van der Waals surface area contributed by atoms with Crippen molar-refractivity contribution in [1.82, 2.24) is 4.98 Å². The minimum absolute atomic E-state index is 0.114. The van der Waals surface area contributed by atoms with E-state index in [1.54, 1.807) is 25.3 Å². The number of hydrogen-bond donors (Lipinski definition) is 0. The van der Waals surface area contributed by atoms with Crippen molar-refractivity contribution >= 4 is 11.9 Å². The first-order chi connectivity index (χ1) is 15.0. The quantitative estimate of drug-likeness (QED) is 0.221. The summed E-state index contributed by atoms with van der Waals surface area (Å²) < 4.78 is 15.9. The Morgan fingerprint density at radius 2 is 1.45 bits per heavy atom. The summed E-state index contributed by atoms with van der Waals surface area (Å²) in [6.07, 6.45) is 11.4. The fraction of sp³-hybridized carbons (Fsp3) is 0.720. The zero-order valence-corrected chi connectivity index (χ0v) is 19.9. The molecular formula is C25H41NO5. The average molecular weight is 436 g/mol. The number of carbonyl (C=O) groups is 2. The van der Waals surface area contributed by atoms with Crippen molar-refractivity contribution in [2.45, 2.75) is 91.1 Å². The van der Waals surface area contributed by atoms with Gasteiger partial charge in [0.15, 0.2) is 0 Å². The van der Waals surface area contributed by atoms with Crippen LogP contribution in [0, 0.1) is 5.92 Å². The van der Waals surface area contributed by atoms with Gasteiger partial charge in [-0.05, 0) is 37.8 Å². The molecule has 0 aliphatic carbocycles. The lowest BCUT2D eigenvalue weighted by Crippen LogP contribution is -2.24. The molecular weight excluding hydrogens is 394 g/mol. The Morgan fingerprint density at radius 3 is 2.06 bits per heavy atom. The smallest absolute Gasteiger partial charge is 0.357 e. The van der Waals surface area contributed by atoms with Crippen LogP contribution in [0.5, 0.6) is 0 Å². The monoisotopic (exact) mass is 435 g/mol. The summed E-state index contributed by atoms with van der Waals surface area (Å²) in [7, 11) is 1.65. The molecule has 1 rings (SSSR count). The van der Waals surface area contributed by atoms with Gasteiger partial charge >= 0.3 is 11.9 Å². The normalized spacial score (nSPS) is 12.9. The number of unbranched alkanes of at least 4 members (excludes halogenated alkanes) is 8. The largest absolute Gasteiger partial charge is 0.461 e. The molecule has 1 aromatic heterocycles. The SMILES string of the molecule is CCCCCCCCCCCOC(=O)c1cccc(C(=O)OC(C)C(C)CCOC)n1. The first kappa shape index (κ1) is 27.1. The first-order valence-corrected chi connectivity index (χ1v) is 11.8. The molecule has 6 heteroatoms. The van der Waals surface area contributed by atoms with Crippen molar-refractivity contribution in [3.8, 4) is 0 Å². The van der Waals surface area contributed by atoms with E-state index in [1.807, 2.05) is 13.8 Å². The molecule has 0 aliphatic rings. The predicted molar refractivity (Wildman–Crippen MR) is 122 cm³/mol. The Hall–Kier alpha value is -1.95. The molecule has 0 bridgehead atoms. The van der Waals surface area contributed by atoms with Crippen LogP contribution in [0.2, 0.25) is 0 Å². The van der Waals surface area contributed by atoms with Crippen molar-refractivity contribution in [2.24, 2.45) is 5.92 Å². The summed E-state index contributed by atoms with van der Waals surface area (Å²) in [4.78, 5) is 28.8. The van der Waals surface area contributed by atoms with Gasteiger partial charge in [0.05, 0.1) is 6.61 Å². The molecule has 31 heavy (non-hydrogen) atoms. The topological polar surface area (TPSA) is 74.7 Å². The van der Waals surface area contributed by atoms with E-state index >= 15 is 0 Å². The fourth-order valence-corrected chi connectivity index (χ4v) is 3.20. The number of pyridine rings is 1. The van der Waals surface area contributed by atoms with Gasteiger partial charge in [-0.25, -0.2) is 14.6 Å². The fourth-order valence-electron chi connectivity index (χ4n) is 3.20. The van der Waals surface area contributed by atoms with E-state index in [1.165, 1.54) is 44.9 Å². The van der Waals surface area contributed by atoms with Crippen LogP contribution in [0.15, 0.2) is 18.2 Å². The molecule has 176 valence electrons. The maximum absolute atomic E-state index is 12.4. The van der Waals surface area contributed by atoms with E-state index in [2.05, 4.69) is 11.9 Å². The number of ether oxygens (including phenoxy) is 3. The highest BCUT2D eigenvalue weighted by Crippen LogP contribution is 2.14. The van der Waals surface area contributed by atoms with Crippen molar-refractivity contribution in [3.05, 3.63) is 29.6 Å². The molecule has 0 aromatic carbocycles. The van der Waals surface area contributed by atoms with Crippen LogP contribution in [-0.2, 0) is 14.2 Å². The summed E-state index contributed by atoms with van der Waals surface area (Å²) in [5.41, 5.74) is 0.244. The van der Waals surface area contributed by atoms with E-state index in [0.717, 1.165) is 19.3 Å². The molecule has 0 saturated heterocycles. The molecule has 1 aromatic rings. The Bertz CT molecular complexity index is 634. The van der Waals surface area contributed by atoms with E-state index in [0.29, 0.717) is 13.2 Å². The first-order valence-electron chi connectivity index (χ1n) is 11.8. The van der Waals surface area contributed by atoms with Gasteiger partial charge in [-0.3, -0.25) is 0 Å². The Balaban J connectivity index is 2.33. The molecule has 0 N–H and O–H groups in total. The lowest BCUT2D eigenvalue weighted by Gasteiger charge is -2.19. The van der Waals surface area contributed by atoms with Gasteiger partial charge in [0.2, 0.25) is 0 Å². The van der Waals surface area contributed by atoms with Gasteiger partial charge in [-0.2, -0.15) is 0 Å². The molecule has 2 atom stereocenters. The van der Waals surface area contributed by atoms with Gasteiger partial charge in [0.25, 0.3) is 0 Å². The van der Waals surface area contributed by atoms with E-state index < -0.39 is 11.9 Å². The third-order valence-electron chi connectivity index (χ3n) is 5.52. The summed E-state index contributed by atoms with van der Waals surface area (Å²) in [6.45, 7) is 7.07. The lowest BCUT2D eigenvalue weighted by molar-refractivity contribution is 0.0167. The van der Waals surface area contributed by atoms with Crippen LogP contribution in [-0.4, -0.2) is 43.4 Å². The standard InChI is InChI=1S/C25H41NO5/c1-5-6-7-8-9-10-11-12-13-18-30-24(27)22-15-14-16-23(26-22)25(28)31-21(3)20(2)17-19-29-4/h14-16,20-21H,5-13,17-19H2,1-4H3. The third-order valence-corrected chi connectivity index (χ3v) is 5.52. The Morgan fingerprint density at radius 1 is 0.871 bits per heavy atom. The minimum atomic E-state index is -0.537. The molecule has 0 amide bonds. The van der Waals surface area contributed by atoms with Crippen molar-refractivity contribution in [3.63, 3.8) is 0 Å². The predicted octanol–water partition coefficient (Wildman–Crippen LogP) is 5.99. The van der Waals surface area contributed by atoms with Gasteiger partial charge in [0.1, 0.15) is 17.5 Å². The second-order valence-electron chi connectivity index (χ2n) is 8.24. The van der Waals surface area contributed by atoms with E-state index in [-0.39, 0.29) is 23.4 Å². The molecule has 0 spiro atoms. The maximum Gasteiger partial charge on any atom is 0.357 e. The van der Waals surface area contributed by atoms with Crippen molar-refractivity contribution in [2.75, 3.05) is 20.3 Å². The summed E-state index contributed by atoms with van der Waals surface area (Å²) in [6, 6.07) is 4.73. The highest BCUT2D eigenvalue weighted by molar-refractivity contribution is 5.91. The molecule has 1 heterocycles. The number of carbonyl (C=O) groups excluding carboxylic acids is 2. The molecule has 6 nitrogen and oxygen atoms in total. The van der Waals surface area contributed by atoms with Gasteiger partial charge < -0.3 is 14.2 Å². The number of methoxy groups -OCH3 is 1. The lowest BCUT2D eigenvalue weighted by atomic mass is 10.0. The Kier molecular flexibility index (Phi) is 14.6. The second kappa shape index (κ2) is 16.7. The average Bonchev–Trinajstić information content (AvgIpc) is 2.78. The highest BCUT2D eigenvalue weighted by Gasteiger charge is 2.20. The summed E-state index contributed by atoms with van der Waals surface area (Å²) >= 11 is 0. The molecule has 2 unspecified atom stereocenters. The number of hydrogen-bond acceptors (Lipinski definition) is 6. The minimum Gasteiger partial charge on any atom is -0.461 e. The van der Waals surface area contributed by atoms with Crippen LogP contribution in [0.4, 0.5) is 0 Å². The zero-order valence-electron chi connectivity index (χ0n) is 19.9. The summed E-state index contributed by atoms with van der Waals surface area (Å²) in [5.74, 6) is -0.880. The maximum atomic E-state index is 12.4. The van der Waals surface area contributed by atoms with Gasteiger partial charge in [-0.1, -0.05) is 71.3 Å². The number of nitrogens with zero attached hydrogens (tertiary/aromatic N) is 1. The van der Waals surface area contributed by atoms with Gasteiger partial charge in [-0.15, -0.1) is 0 Å². The van der Waals surface area contributed by atoms with Gasteiger partial charge in [0, 0.05) is 13.7 Å². The van der Waals surface area contributed by atoms with E-state index in [4.69, 9.17) is 14.2 Å². The van der Waals surface area contributed by atoms with Crippen LogP contribution in [0.3, 0.4) is 0 Å². The number of aromatic nitrogens is 1. The van der Waals surface area contributed by atoms with Crippen LogP contribution >= 0.6 is 0 Å². The van der Waals surface area contributed by atoms with Crippen LogP contribution < -0.4 is 0 Å². The zero-order chi connectivity index (χ0) is 22.9. The third kappa shape index (κ3) is 11.9. The molecule has 0 fully saturated rings. The highest BCUT2D eigenvalue weighted by atomic mass is 16.5. The number of rotatable bonds is 17. The second-order valence-corrected chi connectivity index (χ2v) is 8.24. The Labute approximate surface area is 188 Å².